The number of fused-ring (bicyclic) bond motifs is 1. The number of aryl methyl sites for hydroxylation is 2. The Morgan fingerprint density at radius 1 is 1.31 bits per heavy atom. The summed E-state index contributed by atoms with van der Waals surface area (Å²) >= 11 is 11.6. The third-order valence-corrected chi connectivity index (χ3v) is 2.51. The van der Waals surface area contributed by atoms with E-state index >= 15 is 0 Å². The van der Waals surface area contributed by atoms with Gasteiger partial charge in [-0.05, 0) is 24.6 Å². The molecule has 0 atom stereocenters. The Kier molecular flexibility index (Phi) is 1.93. The van der Waals surface area contributed by atoms with E-state index in [-0.39, 0.29) is 5.28 Å². The van der Waals surface area contributed by atoms with Crippen molar-refractivity contribution in [2.75, 3.05) is 0 Å². The van der Waals surface area contributed by atoms with Gasteiger partial charge in [0.25, 0.3) is 0 Å². The first-order valence-electron chi connectivity index (χ1n) is 3.74. The molecule has 68 valence electrons. The summed E-state index contributed by atoms with van der Waals surface area (Å²) in [5.41, 5.74) is 1.84. The standard InChI is InChI=1S/C8H7Cl2N3/c1-4-3-5-6(9)11-8(10)12-7(5)13(4)2/h3H,1-2H3. The Labute approximate surface area is 85.3 Å². The van der Waals surface area contributed by atoms with Gasteiger partial charge in [-0.25, -0.2) is 4.98 Å². The highest BCUT2D eigenvalue weighted by Crippen LogP contribution is 2.24. The second kappa shape index (κ2) is 2.86. The number of hydrogen-bond acceptors (Lipinski definition) is 2. The summed E-state index contributed by atoms with van der Waals surface area (Å²) < 4.78 is 1.93. The molecule has 2 aromatic heterocycles. The van der Waals surface area contributed by atoms with E-state index in [4.69, 9.17) is 23.2 Å². The lowest BCUT2D eigenvalue weighted by Crippen LogP contribution is -1.93. The Morgan fingerprint density at radius 2 is 2.00 bits per heavy atom. The van der Waals surface area contributed by atoms with Crippen LogP contribution in [0, 0.1) is 6.92 Å². The minimum Gasteiger partial charge on any atom is -0.333 e. The Hall–Kier alpha value is -0.800. The highest BCUT2D eigenvalue weighted by atomic mass is 35.5. The smallest absolute Gasteiger partial charge is 0.225 e. The van der Waals surface area contributed by atoms with Crippen LogP contribution >= 0.6 is 23.2 Å². The van der Waals surface area contributed by atoms with Gasteiger partial charge in [-0.3, -0.25) is 0 Å². The Balaban J connectivity index is 2.94. The minimum absolute atomic E-state index is 0.179. The zero-order valence-electron chi connectivity index (χ0n) is 7.17. The van der Waals surface area contributed by atoms with E-state index in [0.717, 1.165) is 16.7 Å². The quantitative estimate of drug-likeness (QED) is 0.500. The molecule has 0 unspecified atom stereocenters. The third kappa shape index (κ3) is 1.28. The van der Waals surface area contributed by atoms with E-state index in [2.05, 4.69) is 9.97 Å². The molecule has 0 N–H and O–H groups in total. The first kappa shape index (κ1) is 8.78. The summed E-state index contributed by atoms with van der Waals surface area (Å²) in [6.07, 6.45) is 0. The molecule has 0 aliphatic heterocycles. The van der Waals surface area contributed by atoms with E-state index < -0.39 is 0 Å². The maximum Gasteiger partial charge on any atom is 0.225 e. The molecule has 0 fully saturated rings. The maximum atomic E-state index is 5.90. The number of nitrogens with zero attached hydrogens (tertiary/aromatic N) is 3. The van der Waals surface area contributed by atoms with Crippen LogP contribution in [-0.2, 0) is 7.05 Å². The highest BCUT2D eigenvalue weighted by molar-refractivity contribution is 6.35. The van der Waals surface area contributed by atoms with Crippen molar-refractivity contribution < 1.29 is 0 Å². The maximum absolute atomic E-state index is 5.90. The van der Waals surface area contributed by atoms with Crippen LogP contribution in [0.3, 0.4) is 0 Å². The molecule has 2 rings (SSSR count). The predicted molar refractivity (Wildman–Crippen MR) is 53.3 cm³/mol. The van der Waals surface area contributed by atoms with E-state index in [1.807, 2.05) is 24.6 Å². The van der Waals surface area contributed by atoms with Crippen LogP contribution in [0.5, 0.6) is 0 Å². The van der Waals surface area contributed by atoms with E-state index in [1.54, 1.807) is 0 Å². The first-order chi connectivity index (χ1) is 6.09. The van der Waals surface area contributed by atoms with Gasteiger partial charge in [0.1, 0.15) is 10.8 Å². The van der Waals surface area contributed by atoms with Gasteiger partial charge in [0.05, 0.1) is 5.39 Å². The topological polar surface area (TPSA) is 30.7 Å². The summed E-state index contributed by atoms with van der Waals surface area (Å²) in [5, 5.41) is 1.42. The molecule has 0 spiro atoms. The summed E-state index contributed by atoms with van der Waals surface area (Å²) in [6.45, 7) is 1.98. The Bertz CT molecular complexity index is 476. The van der Waals surface area contributed by atoms with Gasteiger partial charge in [-0.1, -0.05) is 11.6 Å². The fourth-order valence-electron chi connectivity index (χ4n) is 1.26. The lowest BCUT2D eigenvalue weighted by molar-refractivity contribution is 0.899. The number of rotatable bonds is 0. The molecule has 2 aromatic rings. The van der Waals surface area contributed by atoms with Crippen molar-refractivity contribution in [1.29, 1.82) is 0 Å². The summed E-state index contributed by atoms with van der Waals surface area (Å²) in [4.78, 5) is 7.95. The molecule has 0 radical (unpaired) electrons. The van der Waals surface area contributed by atoms with Crippen LogP contribution in [-0.4, -0.2) is 14.5 Å². The number of hydrogen-bond donors (Lipinski definition) is 0. The minimum atomic E-state index is 0.179. The third-order valence-electron chi connectivity index (χ3n) is 2.05. The zero-order chi connectivity index (χ0) is 9.59. The number of aromatic nitrogens is 3. The van der Waals surface area contributed by atoms with Crippen molar-refractivity contribution in [2.24, 2.45) is 7.05 Å². The van der Waals surface area contributed by atoms with Crippen molar-refractivity contribution in [2.45, 2.75) is 6.92 Å². The van der Waals surface area contributed by atoms with Crippen LogP contribution in [0.2, 0.25) is 10.4 Å². The number of halogens is 2. The molecule has 13 heavy (non-hydrogen) atoms. The Morgan fingerprint density at radius 3 is 2.69 bits per heavy atom. The molecule has 5 heteroatoms. The van der Waals surface area contributed by atoms with E-state index in [0.29, 0.717) is 5.15 Å². The average Bonchev–Trinajstić information content (AvgIpc) is 2.32. The van der Waals surface area contributed by atoms with Crippen molar-refractivity contribution in [3.05, 3.63) is 22.2 Å². The first-order valence-corrected chi connectivity index (χ1v) is 4.50. The zero-order valence-corrected chi connectivity index (χ0v) is 8.69. The van der Waals surface area contributed by atoms with Crippen molar-refractivity contribution in [3.8, 4) is 0 Å². The van der Waals surface area contributed by atoms with Crippen molar-refractivity contribution >= 4 is 34.2 Å². The molecule has 0 aromatic carbocycles. The van der Waals surface area contributed by atoms with Gasteiger partial charge in [0.2, 0.25) is 5.28 Å². The van der Waals surface area contributed by atoms with Crippen LogP contribution in [0.1, 0.15) is 5.69 Å². The molecule has 2 heterocycles. The molecule has 0 bridgehead atoms. The summed E-state index contributed by atoms with van der Waals surface area (Å²) in [7, 11) is 1.91. The van der Waals surface area contributed by atoms with E-state index in [1.165, 1.54) is 0 Å². The predicted octanol–water partition coefficient (Wildman–Crippen LogP) is 2.58. The molecular formula is C8H7Cl2N3. The van der Waals surface area contributed by atoms with Gasteiger partial charge in [0.15, 0.2) is 0 Å². The van der Waals surface area contributed by atoms with E-state index in [9.17, 15) is 0 Å². The van der Waals surface area contributed by atoms with Gasteiger partial charge in [-0.15, -0.1) is 0 Å². The molecule has 0 aliphatic rings. The highest BCUT2D eigenvalue weighted by Gasteiger charge is 2.09. The lowest BCUT2D eigenvalue weighted by Gasteiger charge is -1.98. The van der Waals surface area contributed by atoms with Crippen LogP contribution in [0.15, 0.2) is 6.07 Å². The monoisotopic (exact) mass is 215 g/mol. The van der Waals surface area contributed by atoms with Crippen LogP contribution < -0.4 is 0 Å². The normalized spacial score (nSPS) is 11.1. The summed E-state index contributed by atoms with van der Waals surface area (Å²) in [5.74, 6) is 0. The molecule has 0 aliphatic carbocycles. The molecule has 0 saturated carbocycles. The van der Waals surface area contributed by atoms with Crippen LogP contribution in [0.25, 0.3) is 11.0 Å². The van der Waals surface area contributed by atoms with Gasteiger partial charge >= 0.3 is 0 Å². The molecule has 0 saturated heterocycles. The fourth-order valence-corrected chi connectivity index (χ4v) is 1.69. The summed E-state index contributed by atoms with van der Waals surface area (Å²) in [6, 6.07) is 1.94. The second-order valence-corrected chi connectivity index (χ2v) is 3.56. The van der Waals surface area contributed by atoms with Gasteiger partial charge in [0, 0.05) is 12.7 Å². The SMILES string of the molecule is Cc1cc2c(Cl)nc(Cl)nc2n1C. The van der Waals surface area contributed by atoms with Gasteiger partial charge < -0.3 is 4.57 Å². The van der Waals surface area contributed by atoms with Crippen LogP contribution in [0.4, 0.5) is 0 Å². The van der Waals surface area contributed by atoms with Gasteiger partial charge in [-0.2, -0.15) is 4.98 Å². The molecule has 3 nitrogen and oxygen atoms in total. The molecular weight excluding hydrogens is 209 g/mol. The van der Waals surface area contributed by atoms with Crippen molar-refractivity contribution in [1.82, 2.24) is 14.5 Å². The largest absolute Gasteiger partial charge is 0.333 e. The molecule has 0 amide bonds. The lowest BCUT2D eigenvalue weighted by atomic mass is 10.4. The second-order valence-electron chi connectivity index (χ2n) is 2.87. The van der Waals surface area contributed by atoms with Crippen molar-refractivity contribution in [3.63, 3.8) is 0 Å². The average molecular weight is 216 g/mol. The fraction of sp³-hybridized carbons (Fsp3) is 0.250.